The number of carbonyl (C=O) groups excluding carboxylic acids is 1. The van der Waals surface area contributed by atoms with Crippen LogP contribution in [0.3, 0.4) is 0 Å². The summed E-state index contributed by atoms with van der Waals surface area (Å²) in [4.78, 5) is 11.2. The zero-order chi connectivity index (χ0) is 11.2. The first-order valence-electron chi connectivity index (χ1n) is 5.11. The van der Waals surface area contributed by atoms with E-state index < -0.39 is 11.7 Å². The number of benzene rings is 1. The molecule has 84 valence electrons. The molecular formula is C11H10NO4-. The highest BCUT2D eigenvalue weighted by atomic mass is 16.7. The number of para-hydroxylation sites is 1. The van der Waals surface area contributed by atoms with E-state index >= 15 is 0 Å². The lowest BCUT2D eigenvalue weighted by atomic mass is 9.88. The van der Waals surface area contributed by atoms with Crippen molar-refractivity contribution in [2.24, 2.45) is 0 Å². The second-order valence-corrected chi connectivity index (χ2v) is 3.99. The van der Waals surface area contributed by atoms with Crippen molar-refractivity contribution in [3.05, 3.63) is 35.0 Å². The van der Waals surface area contributed by atoms with Crippen LogP contribution in [0.25, 0.3) is 0 Å². The van der Waals surface area contributed by atoms with E-state index in [9.17, 15) is 10.0 Å². The lowest BCUT2D eigenvalue weighted by Crippen LogP contribution is -2.36. The first-order chi connectivity index (χ1) is 7.71. The number of hydrogen-bond acceptors (Lipinski definition) is 4. The van der Waals surface area contributed by atoms with Crippen LogP contribution in [0.15, 0.2) is 24.3 Å². The van der Waals surface area contributed by atoms with Gasteiger partial charge in [-0.3, -0.25) is 0 Å². The predicted molar refractivity (Wildman–Crippen MR) is 54.8 cm³/mol. The molecule has 1 amide bonds. The standard InChI is InChI=1S/C11H10NO4/c13-10-12(14)7-11(16-10)5-6-15-9-4-2-1-3-8(9)11/h1-4H,5-7H2/q-1. The summed E-state index contributed by atoms with van der Waals surface area (Å²) in [6.45, 7) is 0.504. The van der Waals surface area contributed by atoms with Crippen molar-refractivity contribution >= 4 is 6.09 Å². The molecule has 5 nitrogen and oxygen atoms in total. The number of nitrogens with zero attached hydrogens (tertiary/aromatic N) is 1. The molecule has 5 heteroatoms. The van der Waals surface area contributed by atoms with E-state index in [1.165, 1.54) is 0 Å². The molecule has 2 heterocycles. The maximum absolute atomic E-state index is 11.3. The fraction of sp³-hybridized carbons (Fsp3) is 0.364. The fourth-order valence-corrected chi connectivity index (χ4v) is 2.25. The molecule has 2 aliphatic rings. The fourth-order valence-electron chi connectivity index (χ4n) is 2.25. The molecule has 0 N–H and O–H groups in total. The Morgan fingerprint density at radius 2 is 2.19 bits per heavy atom. The van der Waals surface area contributed by atoms with Crippen molar-refractivity contribution in [3.8, 4) is 5.75 Å². The van der Waals surface area contributed by atoms with Gasteiger partial charge in [0, 0.05) is 12.0 Å². The number of hydrogen-bond donors (Lipinski definition) is 0. The minimum Gasteiger partial charge on any atom is -0.754 e. The zero-order valence-electron chi connectivity index (χ0n) is 8.51. The van der Waals surface area contributed by atoms with Gasteiger partial charge in [-0.05, 0) is 6.07 Å². The van der Waals surface area contributed by atoms with Crippen LogP contribution >= 0.6 is 0 Å². The Bertz CT molecular complexity index is 447. The molecule has 0 aromatic heterocycles. The summed E-state index contributed by atoms with van der Waals surface area (Å²) in [7, 11) is 0. The van der Waals surface area contributed by atoms with Gasteiger partial charge in [0.15, 0.2) is 5.60 Å². The molecule has 1 unspecified atom stereocenters. The van der Waals surface area contributed by atoms with Gasteiger partial charge in [0.1, 0.15) is 5.75 Å². The van der Waals surface area contributed by atoms with Gasteiger partial charge >= 0.3 is 6.09 Å². The Morgan fingerprint density at radius 1 is 1.38 bits per heavy atom. The number of fused-ring (bicyclic) bond motifs is 2. The van der Waals surface area contributed by atoms with Crippen molar-refractivity contribution in [1.82, 2.24) is 5.06 Å². The van der Waals surface area contributed by atoms with Crippen molar-refractivity contribution < 1.29 is 14.3 Å². The Kier molecular flexibility index (Phi) is 1.85. The van der Waals surface area contributed by atoms with Crippen LogP contribution < -0.4 is 4.74 Å². The summed E-state index contributed by atoms with van der Waals surface area (Å²) in [5, 5.41) is 11.6. The van der Waals surface area contributed by atoms with Gasteiger partial charge in [-0.25, -0.2) is 4.79 Å². The van der Waals surface area contributed by atoms with Crippen LogP contribution in [-0.4, -0.2) is 24.3 Å². The van der Waals surface area contributed by atoms with Crippen molar-refractivity contribution in [3.63, 3.8) is 0 Å². The Balaban J connectivity index is 2.08. The Labute approximate surface area is 92.1 Å². The van der Waals surface area contributed by atoms with Gasteiger partial charge in [0.25, 0.3) is 0 Å². The Morgan fingerprint density at radius 3 is 2.94 bits per heavy atom. The third-order valence-electron chi connectivity index (χ3n) is 3.03. The summed E-state index contributed by atoms with van der Waals surface area (Å²) < 4.78 is 10.7. The molecule has 0 radical (unpaired) electrons. The highest BCUT2D eigenvalue weighted by Crippen LogP contribution is 2.43. The summed E-state index contributed by atoms with van der Waals surface area (Å²) in [6, 6.07) is 7.35. The number of amides is 1. The van der Waals surface area contributed by atoms with E-state index in [1.807, 2.05) is 24.3 Å². The maximum atomic E-state index is 11.3. The normalized spacial score (nSPS) is 27.6. The van der Waals surface area contributed by atoms with Gasteiger partial charge < -0.3 is 19.7 Å². The van der Waals surface area contributed by atoms with E-state index in [0.29, 0.717) is 23.8 Å². The third kappa shape index (κ3) is 1.18. The topological polar surface area (TPSA) is 61.8 Å². The first kappa shape index (κ1) is 9.47. The molecule has 1 fully saturated rings. The number of carbonyl (C=O) groups is 1. The largest absolute Gasteiger partial charge is 0.754 e. The first-order valence-corrected chi connectivity index (χ1v) is 5.11. The van der Waals surface area contributed by atoms with Crippen molar-refractivity contribution in [1.29, 1.82) is 0 Å². The van der Waals surface area contributed by atoms with Crippen LogP contribution in [0.2, 0.25) is 0 Å². The molecule has 1 saturated heterocycles. The Hall–Kier alpha value is -1.75. The minimum atomic E-state index is -0.812. The zero-order valence-corrected chi connectivity index (χ0v) is 8.51. The average molecular weight is 220 g/mol. The van der Waals surface area contributed by atoms with E-state index in [1.54, 1.807) is 0 Å². The average Bonchev–Trinajstić information content (AvgIpc) is 2.56. The summed E-state index contributed by atoms with van der Waals surface area (Å²) >= 11 is 0. The monoisotopic (exact) mass is 220 g/mol. The number of rotatable bonds is 0. The smallest absolute Gasteiger partial charge is 0.400 e. The van der Waals surface area contributed by atoms with Crippen LogP contribution in [0.1, 0.15) is 12.0 Å². The summed E-state index contributed by atoms with van der Waals surface area (Å²) in [5.74, 6) is 0.692. The van der Waals surface area contributed by atoms with E-state index in [4.69, 9.17) is 9.47 Å². The maximum Gasteiger partial charge on any atom is 0.400 e. The molecule has 3 rings (SSSR count). The molecule has 1 aromatic carbocycles. The van der Waals surface area contributed by atoms with Crippen LogP contribution in [0.4, 0.5) is 4.79 Å². The van der Waals surface area contributed by atoms with Gasteiger partial charge in [-0.1, -0.05) is 18.2 Å². The molecule has 0 saturated carbocycles. The summed E-state index contributed by atoms with van der Waals surface area (Å²) in [6.07, 6.45) is -0.286. The summed E-state index contributed by atoms with van der Waals surface area (Å²) in [5.41, 5.74) is -0.0267. The van der Waals surface area contributed by atoms with E-state index in [2.05, 4.69) is 0 Å². The van der Waals surface area contributed by atoms with Crippen LogP contribution in [-0.2, 0) is 10.3 Å². The van der Waals surface area contributed by atoms with Crippen LogP contribution in [0, 0.1) is 5.21 Å². The number of ether oxygens (including phenoxy) is 2. The molecule has 1 aromatic rings. The van der Waals surface area contributed by atoms with Crippen molar-refractivity contribution in [2.45, 2.75) is 12.0 Å². The van der Waals surface area contributed by atoms with Gasteiger partial charge in [0.05, 0.1) is 13.2 Å². The molecule has 0 bridgehead atoms. The second-order valence-electron chi connectivity index (χ2n) is 3.99. The quantitative estimate of drug-likeness (QED) is 0.666. The molecule has 0 aliphatic carbocycles. The van der Waals surface area contributed by atoms with Crippen molar-refractivity contribution in [2.75, 3.05) is 13.2 Å². The van der Waals surface area contributed by atoms with Gasteiger partial charge in [0.2, 0.25) is 0 Å². The van der Waals surface area contributed by atoms with Gasteiger partial charge in [-0.2, -0.15) is 0 Å². The SMILES string of the molecule is O=C1OC2(CCOc3ccccc32)CN1[O-]. The van der Waals surface area contributed by atoms with Gasteiger partial charge in [-0.15, -0.1) is 0 Å². The molecule has 2 aliphatic heterocycles. The number of hydroxylamine groups is 2. The third-order valence-corrected chi connectivity index (χ3v) is 3.03. The highest BCUT2D eigenvalue weighted by Gasteiger charge is 2.46. The molecule has 1 spiro atoms. The van der Waals surface area contributed by atoms with Crippen LogP contribution in [0.5, 0.6) is 5.75 Å². The lowest BCUT2D eigenvalue weighted by molar-refractivity contribution is 0.0191. The predicted octanol–water partition coefficient (Wildman–Crippen LogP) is 1.61. The highest BCUT2D eigenvalue weighted by molar-refractivity contribution is 5.72. The van der Waals surface area contributed by atoms with E-state index in [-0.39, 0.29) is 6.54 Å². The minimum absolute atomic E-state index is 0.0478. The molecular weight excluding hydrogens is 210 g/mol. The molecule has 16 heavy (non-hydrogen) atoms. The molecule has 1 atom stereocenters. The second kappa shape index (κ2) is 3.12. The van der Waals surface area contributed by atoms with E-state index in [0.717, 1.165) is 5.56 Å². The lowest BCUT2D eigenvalue weighted by Gasteiger charge is -2.33.